The maximum Gasteiger partial charge on any atom is 0.306 e. The normalized spacial score (nSPS) is 14.0. The van der Waals surface area contributed by atoms with E-state index in [1.807, 2.05) is 0 Å². The first-order valence-electron chi connectivity index (χ1n) is 27.0. The summed E-state index contributed by atoms with van der Waals surface area (Å²) < 4.78 is 5.91. The molecule has 6 nitrogen and oxygen atoms in total. The number of amides is 1. The molecule has 0 aromatic heterocycles. The molecule has 0 aliphatic heterocycles. The van der Waals surface area contributed by atoms with Crippen LogP contribution in [0.4, 0.5) is 0 Å². The van der Waals surface area contributed by atoms with Crippen LogP contribution in [0, 0.1) is 0 Å². The Morgan fingerprint density at radius 3 is 1.45 bits per heavy atom. The van der Waals surface area contributed by atoms with Gasteiger partial charge < -0.3 is 20.3 Å². The number of rotatable bonds is 47. The second-order valence-corrected chi connectivity index (χ2v) is 17.9. The highest BCUT2D eigenvalue weighted by Gasteiger charge is 2.24. The van der Waals surface area contributed by atoms with Crippen molar-refractivity contribution in [2.75, 3.05) is 6.61 Å². The fourth-order valence-electron chi connectivity index (χ4n) is 7.70. The predicted octanol–water partition coefficient (Wildman–Crippen LogP) is 16.5. The van der Waals surface area contributed by atoms with E-state index in [1.54, 1.807) is 0 Å². The number of esters is 1. The highest BCUT2D eigenvalue weighted by Crippen LogP contribution is 2.17. The largest absolute Gasteiger partial charge is 0.462 e. The lowest BCUT2D eigenvalue weighted by atomic mass is 10.0. The Hall–Kier alpha value is -3.22. The summed E-state index contributed by atoms with van der Waals surface area (Å²) in [6, 6.07) is -0.728. The first-order valence-corrected chi connectivity index (χ1v) is 27.0. The molecule has 0 rings (SSSR count). The fourth-order valence-corrected chi connectivity index (χ4v) is 7.70. The Morgan fingerprint density at radius 2 is 0.923 bits per heavy atom. The van der Waals surface area contributed by atoms with E-state index >= 15 is 0 Å². The van der Waals surface area contributed by atoms with Crippen molar-refractivity contribution in [3.05, 3.63) is 97.2 Å². The lowest BCUT2D eigenvalue weighted by molar-refractivity contribution is -0.151. The van der Waals surface area contributed by atoms with Crippen molar-refractivity contribution >= 4 is 11.9 Å². The van der Waals surface area contributed by atoms with Crippen molar-refractivity contribution in [3.63, 3.8) is 0 Å². The third kappa shape index (κ3) is 47.1. The quantitative estimate of drug-likeness (QED) is 0.0245. The predicted molar refractivity (Wildman–Crippen MR) is 282 cm³/mol. The maximum atomic E-state index is 13.2. The van der Waals surface area contributed by atoms with Gasteiger partial charge in [-0.05, 0) is 83.5 Å². The minimum absolute atomic E-state index is 0.0286. The van der Waals surface area contributed by atoms with Gasteiger partial charge in [-0.3, -0.25) is 9.59 Å². The molecule has 0 aliphatic rings. The van der Waals surface area contributed by atoms with E-state index in [1.165, 1.54) is 96.3 Å². The SMILES string of the molecule is CC/C=C\C/C=C\C/C=C\C/C=C\C/C=C\CCCC(CC(=O)NC(CO)C(O)CCCCCCCCCCCCCCCC)OC(=O)CCCCCCCCC/C=C/C=C/C=C/CC. The molecule has 3 N–H and O–H groups in total. The molecule has 0 heterocycles. The topological polar surface area (TPSA) is 95.9 Å². The van der Waals surface area contributed by atoms with E-state index in [9.17, 15) is 19.8 Å². The highest BCUT2D eigenvalue weighted by molar-refractivity contribution is 5.77. The molecule has 0 saturated heterocycles. The van der Waals surface area contributed by atoms with Gasteiger partial charge in [0, 0.05) is 6.42 Å². The number of unbranched alkanes of at least 4 members (excludes halogenated alkanes) is 21. The third-order valence-electron chi connectivity index (χ3n) is 11.7. The summed E-state index contributed by atoms with van der Waals surface area (Å²) in [7, 11) is 0. The van der Waals surface area contributed by atoms with E-state index < -0.39 is 18.2 Å². The Kier molecular flexibility index (Phi) is 49.2. The molecule has 0 aliphatic carbocycles. The summed E-state index contributed by atoms with van der Waals surface area (Å²) in [5, 5.41) is 23.8. The first-order chi connectivity index (χ1) is 32.0. The molecule has 1 amide bonds. The number of aliphatic hydroxyl groups excluding tert-OH is 2. The summed E-state index contributed by atoms with van der Waals surface area (Å²) in [6.07, 6.45) is 69.0. The molecule has 3 atom stereocenters. The first kappa shape index (κ1) is 61.8. The van der Waals surface area contributed by atoms with Gasteiger partial charge in [-0.25, -0.2) is 0 Å². The average molecular weight is 904 g/mol. The van der Waals surface area contributed by atoms with Crippen LogP contribution in [-0.4, -0.2) is 46.9 Å². The van der Waals surface area contributed by atoms with Gasteiger partial charge in [0.15, 0.2) is 0 Å². The van der Waals surface area contributed by atoms with Crippen LogP contribution >= 0.6 is 0 Å². The van der Waals surface area contributed by atoms with Crippen LogP contribution < -0.4 is 5.32 Å². The van der Waals surface area contributed by atoms with Crippen molar-refractivity contribution in [3.8, 4) is 0 Å². The number of ether oxygens (including phenoxy) is 1. The molecule has 3 unspecified atom stereocenters. The van der Waals surface area contributed by atoms with Gasteiger partial charge in [-0.15, -0.1) is 0 Å². The average Bonchev–Trinajstić information content (AvgIpc) is 3.30. The summed E-state index contributed by atoms with van der Waals surface area (Å²) in [5.74, 6) is -0.548. The molecular formula is C59H101NO5. The standard InChI is InChI=1S/C59H101NO5/c1-4-7-10-13-16-19-22-25-28-29-31-32-35-38-41-44-47-50-55(65-59(64)52-49-46-43-40-37-34-30-26-23-20-17-14-11-8-5-2)53-58(63)60-56(54-61)57(62)51-48-45-42-39-36-33-27-24-21-18-15-12-9-6-3/h7-8,10-11,14,16-17,19-20,23,25,28,31-32,38,41,55-57,61-62H,4-6,9,12-13,15,18,21-22,24,26-27,29-30,33-37,39-40,42-54H2,1-3H3,(H,60,63)/b10-7-,11-8+,17-14+,19-16-,23-20+,28-25-,32-31-,41-38-. The number of carbonyl (C=O) groups is 2. The van der Waals surface area contributed by atoms with Gasteiger partial charge in [0.25, 0.3) is 0 Å². The maximum absolute atomic E-state index is 13.2. The highest BCUT2D eigenvalue weighted by atomic mass is 16.5. The molecule has 0 bridgehead atoms. The van der Waals surface area contributed by atoms with Crippen LogP contribution in [0.3, 0.4) is 0 Å². The van der Waals surface area contributed by atoms with E-state index in [4.69, 9.17) is 4.74 Å². The van der Waals surface area contributed by atoms with Crippen LogP contribution in [0.5, 0.6) is 0 Å². The summed E-state index contributed by atoms with van der Waals surface area (Å²) >= 11 is 0. The number of nitrogens with one attached hydrogen (secondary N) is 1. The van der Waals surface area contributed by atoms with Gasteiger partial charge >= 0.3 is 5.97 Å². The third-order valence-corrected chi connectivity index (χ3v) is 11.7. The molecule has 0 radical (unpaired) electrons. The molecule has 0 aromatic rings. The zero-order chi connectivity index (χ0) is 47.4. The second-order valence-electron chi connectivity index (χ2n) is 17.9. The van der Waals surface area contributed by atoms with Gasteiger partial charge in [-0.2, -0.15) is 0 Å². The van der Waals surface area contributed by atoms with Gasteiger partial charge in [0.05, 0.1) is 25.2 Å². The van der Waals surface area contributed by atoms with Gasteiger partial charge in [0.2, 0.25) is 5.91 Å². The molecule has 0 spiro atoms. The van der Waals surface area contributed by atoms with E-state index in [0.29, 0.717) is 19.3 Å². The lowest BCUT2D eigenvalue weighted by Gasteiger charge is -2.24. The van der Waals surface area contributed by atoms with Crippen LogP contribution in [-0.2, 0) is 14.3 Å². The van der Waals surface area contributed by atoms with Crippen LogP contribution in [0.1, 0.15) is 239 Å². The van der Waals surface area contributed by atoms with Crippen LogP contribution in [0.25, 0.3) is 0 Å². The molecule has 0 fully saturated rings. The Bertz CT molecular complexity index is 1290. The Morgan fingerprint density at radius 1 is 0.477 bits per heavy atom. The van der Waals surface area contributed by atoms with Crippen molar-refractivity contribution in [1.29, 1.82) is 0 Å². The molecular weight excluding hydrogens is 803 g/mol. The number of aliphatic hydroxyl groups is 2. The van der Waals surface area contributed by atoms with Crippen molar-refractivity contribution < 1.29 is 24.5 Å². The number of hydrogen-bond donors (Lipinski definition) is 3. The van der Waals surface area contributed by atoms with E-state index in [0.717, 1.165) is 96.3 Å². The van der Waals surface area contributed by atoms with Crippen LogP contribution in [0.2, 0.25) is 0 Å². The molecule has 6 heteroatoms. The minimum Gasteiger partial charge on any atom is -0.462 e. The van der Waals surface area contributed by atoms with Crippen molar-refractivity contribution in [1.82, 2.24) is 5.32 Å². The minimum atomic E-state index is -0.810. The summed E-state index contributed by atoms with van der Waals surface area (Å²) in [6.45, 7) is 6.22. The number of carbonyl (C=O) groups excluding carboxylic acids is 2. The van der Waals surface area contributed by atoms with Gasteiger partial charge in [0.1, 0.15) is 6.10 Å². The van der Waals surface area contributed by atoms with Crippen molar-refractivity contribution in [2.24, 2.45) is 0 Å². The molecule has 372 valence electrons. The number of hydrogen-bond acceptors (Lipinski definition) is 5. The fraction of sp³-hybridized carbons (Fsp3) is 0.695. The monoisotopic (exact) mass is 904 g/mol. The van der Waals surface area contributed by atoms with E-state index in [2.05, 4.69) is 123 Å². The second kappa shape index (κ2) is 51.8. The smallest absolute Gasteiger partial charge is 0.306 e. The molecule has 65 heavy (non-hydrogen) atoms. The Balaban J connectivity index is 4.72. The van der Waals surface area contributed by atoms with Gasteiger partial charge in [-0.1, -0.05) is 240 Å². The molecule has 0 aromatic carbocycles. The number of allylic oxidation sites excluding steroid dienone is 16. The zero-order valence-corrected chi connectivity index (χ0v) is 42.3. The zero-order valence-electron chi connectivity index (χ0n) is 42.3. The Labute approximate surface area is 401 Å². The molecule has 0 saturated carbocycles. The van der Waals surface area contributed by atoms with Crippen molar-refractivity contribution in [2.45, 2.75) is 257 Å². The summed E-state index contributed by atoms with van der Waals surface area (Å²) in [5.41, 5.74) is 0. The van der Waals surface area contributed by atoms with E-state index in [-0.39, 0.29) is 24.9 Å². The lowest BCUT2D eigenvalue weighted by Crippen LogP contribution is -2.46. The van der Waals surface area contributed by atoms with Crippen LogP contribution in [0.15, 0.2) is 97.2 Å². The summed E-state index contributed by atoms with van der Waals surface area (Å²) in [4.78, 5) is 26.2.